The fraction of sp³-hybridized carbons (Fsp3) is 0. The third-order valence-electron chi connectivity index (χ3n) is 0. The molecule has 0 bridgehead atoms. The monoisotopic (exact) mass is 665 g/mol. The van der Waals surface area contributed by atoms with Crippen LogP contribution in [0, 0.1) is 41.7 Å². The number of rotatable bonds is 0. The summed E-state index contributed by atoms with van der Waals surface area (Å²) < 4.78 is 77.2. The third-order valence-corrected chi connectivity index (χ3v) is 0. The van der Waals surface area contributed by atoms with Crippen LogP contribution in [0.4, 0.5) is 0 Å². The number of hydrogen-bond acceptors (Lipinski definition) is 9. The normalized spacial score (nSPS) is 8.31. The van der Waals surface area contributed by atoms with Crippen LogP contribution in [0.3, 0.4) is 0 Å². The zero-order valence-corrected chi connectivity index (χ0v) is 14.9. The molecule has 79 valence electrons. The summed E-state index contributed by atoms with van der Waals surface area (Å²) in [6.45, 7) is 0. The summed E-state index contributed by atoms with van der Waals surface area (Å²) in [5, 5.41) is 0. The molecule has 0 saturated heterocycles. The maximum Gasteiger partial charge on any atom is 3.00 e. The molecule has 0 aliphatic heterocycles. The molecule has 0 aromatic heterocycles. The first-order valence-electron chi connectivity index (χ1n) is 1.39. The van der Waals surface area contributed by atoms with Crippen molar-refractivity contribution in [3.63, 3.8) is 0 Å². The van der Waals surface area contributed by atoms with Crippen molar-refractivity contribution in [2.45, 2.75) is 0 Å². The van der Waals surface area contributed by atoms with Gasteiger partial charge in [0.05, 0.1) is 0 Å². The molecule has 9 nitrogen and oxygen atoms in total. The summed E-state index contributed by atoms with van der Waals surface area (Å²) in [5.41, 5.74) is 0. The van der Waals surface area contributed by atoms with Gasteiger partial charge in [0.25, 0.3) is 63.2 Å². The smallest absolute Gasteiger partial charge is 0.427 e. The molecule has 0 aliphatic rings. The van der Waals surface area contributed by atoms with E-state index in [1.165, 1.54) is 0 Å². The Kier molecular flexibility index (Phi) is 39.9. The van der Waals surface area contributed by atoms with Gasteiger partial charge in [0, 0.05) is 0 Å². The van der Waals surface area contributed by atoms with Crippen LogP contribution in [-0.2, 0) is 0 Å². The second-order valence-corrected chi connectivity index (χ2v) is 3.80. The van der Waals surface area contributed by atoms with Gasteiger partial charge in [-0.25, -0.2) is 0 Å². The van der Waals surface area contributed by atoms with E-state index >= 15 is 0 Å². The Morgan fingerprint density at radius 2 is 0.385 bits per heavy atom. The van der Waals surface area contributed by atoms with E-state index < -0.39 is 63.2 Å². The molecule has 0 fully saturated rings. The Bertz CT molecular complexity index is 43.4. The maximum atomic E-state index is 8.57. The molecule has 0 saturated carbocycles. The first-order valence-corrected chi connectivity index (χ1v) is 9.32. The summed E-state index contributed by atoms with van der Waals surface area (Å²) in [4.78, 5) is 0. The largest absolute Gasteiger partial charge is 3.00 e. The van der Waals surface area contributed by atoms with Crippen LogP contribution in [0.5, 0.6) is 0 Å². The summed E-state index contributed by atoms with van der Waals surface area (Å²) in [6.07, 6.45) is 0. The fourth-order valence-electron chi connectivity index (χ4n) is 0. The Labute approximate surface area is 133 Å². The quantitative estimate of drug-likeness (QED) is 0.225. The second-order valence-electron chi connectivity index (χ2n) is 0.567. The van der Waals surface area contributed by atoms with Gasteiger partial charge in [-0.15, -0.1) is 0 Å². The molecule has 0 atom stereocenters. The molecular formula is CeI3O9. The van der Waals surface area contributed by atoms with Crippen LogP contribution in [0.15, 0.2) is 0 Å². The van der Waals surface area contributed by atoms with Crippen molar-refractivity contribution in [3.8, 4) is 0 Å². The summed E-state index contributed by atoms with van der Waals surface area (Å²) in [6, 6.07) is 0. The minimum absolute atomic E-state index is 0. The predicted molar refractivity (Wildman–Crippen MR) is 0 cm³/mol. The second kappa shape index (κ2) is 20.6. The van der Waals surface area contributed by atoms with Crippen molar-refractivity contribution in [2.24, 2.45) is 0 Å². The molecule has 0 amide bonds. The molecule has 13 heteroatoms. The predicted octanol–water partition coefficient (Wildman–Crippen LogP) is -19.7. The Balaban J connectivity index is -0.0000000450. The SMILES string of the molecule is [Ce+3].[O-][I+2]([O-])[O-].[O-][I+2]([O-])[O-].[O-][I+2]([O-])[O-]. The Hall–Kier alpha value is 3.21. The minimum atomic E-state index is -4.01. The molecule has 0 unspecified atom stereocenters. The molecule has 0 aromatic carbocycles. The van der Waals surface area contributed by atoms with Crippen LogP contribution in [0.25, 0.3) is 0 Å². The molecule has 0 spiro atoms. The first-order chi connectivity index (χ1) is 5.20. The van der Waals surface area contributed by atoms with Crippen molar-refractivity contribution in [3.05, 3.63) is 0 Å². The summed E-state index contributed by atoms with van der Waals surface area (Å²) in [5.74, 6) is 0. The van der Waals surface area contributed by atoms with Gasteiger partial charge in [-0.05, 0) is 0 Å². The summed E-state index contributed by atoms with van der Waals surface area (Å²) in [7, 11) is 0. The molecule has 0 N–H and O–H groups in total. The number of hydrogen-bond donors (Lipinski definition) is 0. The third kappa shape index (κ3) is 258. The zero-order valence-electron chi connectivity index (χ0n) is 5.31. The molecule has 0 aromatic rings. The number of halogens is 3. The first kappa shape index (κ1) is 25.2. The van der Waals surface area contributed by atoms with Gasteiger partial charge < -0.3 is 30.9 Å². The molecule has 0 aliphatic carbocycles. The van der Waals surface area contributed by atoms with Crippen molar-refractivity contribution < 1.29 is 136 Å². The van der Waals surface area contributed by atoms with Crippen LogP contribution in [0.2, 0.25) is 0 Å². The van der Waals surface area contributed by atoms with Gasteiger partial charge in [0.15, 0.2) is 0 Å². The average molecular weight is 665 g/mol. The minimum Gasteiger partial charge on any atom is -0.427 e. The van der Waals surface area contributed by atoms with Crippen molar-refractivity contribution in [1.29, 1.82) is 0 Å². The topological polar surface area (TPSA) is 208 Å². The van der Waals surface area contributed by atoms with E-state index in [-0.39, 0.29) is 41.7 Å². The fourth-order valence-corrected chi connectivity index (χ4v) is 0. The van der Waals surface area contributed by atoms with Gasteiger partial charge in [-0.2, -0.15) is 0 Å². The molecule has 0 rings (SSSR count). The van der Waals surface area contributed by atoms with Crippen molar-refractivity contribution in [2.75, 3.05) is 0 Å². The van der Waals surface area contributed by atoms with E-state index in [9.17, 15) is 0 Å². The van der Waals surface area contributed by atoms with Gasteiger partial charge >= 0.3 is 41.7 Å². The van der Waals surface area contributed by atoms with Gasteiger partial charge in [0.2, 0.25) is 0 Å². The van der Waals surface area contributed by atoms with E-state index in [0.29, 0.717) is 0 Å². The van der Waals surface area contributed by atoms with Crippen LogP contribution in [0.1, 0.15) is 0 Å². The molecule has 0 heterocycles. The van der Waals surface area contributed by atoms with E-state index in [0.717, 1.165) is 0 Å². The van der Waals surface area contributed by atoms with E-state index in [1.54, 1.807) is 0 Å². The Morgan fingerprint density at radius 3 is 0.385 bits per heavy atom. The molecule has 13 heavy (non-hydrogen) atoms. The van der Waals surface area contributed by atoms with E-state index in [2.05, 4.69) is 0 Å². The van der Waals surface area contributed by atoms with Gasteiger partial charge in [-0.1, -0.05) is 0 Å². The zero-order chi connectivity index (χ0) is 10.7. The molecule has 1 radical (unpaired) electrons. The maximum absolute atomic E-state index is 8.57. The standard InChI is InChI=1S/Ce.3IO3/c;3*2-1(3)4/q+3;3*-1. The van der Waals surface area contributed by atoms with Crippen LogP contribution >= 0.6 is 0 Å². The van der Waals surface area contributed by atoms with E-state index in [1.807, 2.05) is 0 Å². The van der Waals surface area contributed by atoms with Gasteiger partial charge in [0.1, 0.15) is 0 Å². The average Bonchev–Trinajstić information content (AvgIpc) is 1.54. The van der Waals surface area contributed by atoms with Crippen molar-refractivity contribution >= 4 is 0 Å². The van der Waals surface area contributed by atoms with Crippen LogP contribution < -0.4 is 94.1 Å². The van der Waals surface area contributed by atoms with Crippen molar-refractivity contribution in [1.82, 2.24) is 0 Å². The Morgan fingerprint density at radius 1 is 0.385 bits per heavy atom. The van der Waals surface area contributed by atoms with E-state index in [4.69, 9.17) is 30.9 Å². The van der Waals surface area contributed by atoms with Gasteiger partial charge in [-0.3, -0.25) is 0 Å². The molecular weight excluding hydrogens is 665 g/mol. The summed E-state index contributed by atoms with van der Waals surface area (Å²) >= 11 is -12.0. The van der Waals surface area contributed by atoms with Crippen LogP contribution in [-0.4, -0.2) is 0 Å².